The quantitative estimate of drug-likeness (QED) is 0.483. The van der Waals surface area contributed by atoms with E-state index in [4.69, 9.17) is 0 Å². The largest absolute Gasteiger partial charge is 0.100 e. The summed E-state index contributed by atoms with van der Waals surface area (Å²) in [5, 5.41) is 0. The van der Waals surface area contributed by atoms with E-state index >= 15 is 0 Å². The van der Waals surface area contributed by atoms with Crippen LogP contribution < -0.4 is 0 Å². The molecule has 0 heterocycles. The van der Waals surface area contributed by atoms with Crippen molar-refractivity contribution in [2.24, 2.45) is 5.92 Å². The number of rotatable bonds is 5. The Kier molecular flexibility index (Phi) is 3.64. The van der Waals surface area contributed by atoms with Crippen LogP contribution in [0.1, 0.15) is 39.0 Å². The highest BCUT2D eigenvalue weighted by Gasteiger charge is 2.28. The minimum Gasteiger partial charge on any atom is -0.100 e. The Morgan fingerprint density at radius 3 is 2.73 bits per heavy atom. The molecule has 1 saturated carbocycles. The summed E-state index contributed by atoms with van der Waals surface area (Å²) < 4.78 is 0. The third-order valence-electron chi connectivity index (χ3n) is 2.22. The fraction of sp³-hybridized carbons (Fsp3) is 0.800. The van der Waals surface area contributed by atoms with Crippen LogP contribution in [-0.2, 0) is 0 Å². The fourth-order valence-electron chi connectivity index (χ4n) is 1.29. The second-order valence-electron chi connectivity index (χ2n) is 3.70. The minimum absolute atomic E-state index is 0.793. The number of halogens is 1. The maximum atomic E-state index is 3.90. The standard InChI is InChI=1S/C10H17Br/c1-8(2)4-3-5-10(11)9-6-7-9/h9-10H,1,3-7H2,2H3. The molecule has 1 unspecified atom stereocenters. The molecule has 1 fully saturated rings. The van der Waals surface area contributed by atoms with Gasteiger partial charge < -0.3 is 0 Å². The van der Waals surface area contributed by atoms with Crippen molar-refractivity contribution in [1.29, 1.82) is 0 Å². The molecule has 0 amide bonds. The molecule has 0 nitrogen and oxygen atoms in total. The van der Waals surface area contributed by atoms with Gasteiger partial charge in [0.25, 0.3) is 0 Å². The summed E-state index contributed by atoms with van der Waals surface area (Å²) in [5.74, 6) is 1.00. The molecule has 0 bridgehead atoms. The van der Waals surface area contributed by atoms with Gasteiger partial charge in [-0.15, -0.1) is 6.58 Å². The Labute approximate surface area is 78.2 Å². The first-order valence-corrected chi connectivity index (χ1v) is 5.40. The van der Waals surface area contributed by atoms with Crippen LogP contribution in [0.25, 0.3) is 0 Å². The van der Waals surface area contributed by atoms with E-state index in [1.54, 1.807) is 0 Å². The molecule has 0 aliphatic heterocycles. The Balaban J connectivity index is 1.97. The average Bonchev–Trinajstić information content (AvgIpc) is 2.66. The first kappa shape index (κ1) is 9.31. The van der Waals surface area contributed by atoms with Crippen molar-refractivity contribution in [3.63, 3.8) is 0 Å². The van der Waals surface area contributed by atoms with Gasteiger partial charge in [-0.3, -0.25) is 0 Å². The molecular weight excluding hydrogens is 200 g/mol. The van der Waals surface area contributed by atoms with Gasteiger partial charge in [-0.2, -0.15) is 0 Å². The lowest BCUT2D eigenvalue weighted by Gasteiger charge is -2.06. The van der Waals surface area contributed by atoms with E-state index in [1.165, 1.54) is 37.7 Å². The first-order valence-electron chi connectivity index (χ1n) is 4.48. The van der Waals surface area contributed by atoms with Gasteiger partial charge in [-0.25, -0.2) is 0 Å². The zero-order valence-electron chi connectivity index (χ0n) is 7.28. The number of alkyl halides is 1. The lowest BCUT2D eigenvalue weighted by Crippen LogP contribution is -1.99. The van der Waals surface area contributed by atoms with E-state index < -0.39 is 0 Å². The molecule has 0 saturated heterocycles. The van der Waals surface area contributed by atoms with Crippen LogP contribution in [0.4, 0.5) is 0 Å². The van der Waals surface area contributed by atoms with Gasteiger partial charge in [-0.05, 0) is 44.9 Å². The molecule has 0 aromatic heterocycles. The SMILES string of the molecule is C=C(C)CCCC(Br)C1CC1. The third kappa shape index (κ3) is 3.95. The molecule has 1 atom stereocenters. The van der Waals surface area contributed by atoms with E-state index in [-0.39, 0.29) is 0 Å². The Hall–Kier alpha value is 0.220. The fourth-order valence-corrected chi connectivity index (χ4v) is 2.14. The summed E-state index contributed by atoms with van der Waals surface area (Å²) >= 11 is 3.73. The smallest absolute Gasteiger partial charge is 0.0174 e. The van der Waals surface area contributed by atoms with Crippen molar-refractivity contribution in [3.8, 4) is 0 Å². The lowest BCUT2D eigenvalue weighted by molar-refractivity contribution is 0.652. The van der Waals surface area contributed by atoms with E-state index in [1.807, 2.05) is 0 Å². The Bertz CT molecular complexity index is 136. The molecule has 0 N–H and O–H groups in total. The van der Waals surface area contributed by atoms with Crippen LogP contribution in [-0.4, -0.2) is 4.83 Å². The summed E-state index contributed by atoms with van der Waals surface area (Å²) in [4.78, 5) is 0.793. The van der Waals surface area contributed by atoms with Crippen LogP contribution in [0.3, 0.4) is 0 Å². The first-order chi connectivity index (χ1) is 5.20. The highest BCUT2D eigenvalue weighted by molar-refractivity contribution is 9.09. The topological polar surface area (TPSA) is 0 Å². The normalized spacial score (nSPS) is 19.8. The number of hydrogen-bond donors (Lipinski definition) is 0. The lowest BCUT2D eigenvalue weighted by atomic mass is 10.1. The molecule has 11 heavy (non-hydrogen) atoms. The average molecular weight is 217 g/mol. The summed E-state index contributed by atoms with van der Waals surface area (Å²) in [6, 6.07) is 0. The predicted octanol–water partition coefficient (Wildman–Crippen LogP) is 3.91. The Morgan fingerprint density at radius 1 is 1.64 bits per heavy atom. The van der Waals surface area contributed by atoms with Crippen LogP contribution >= 0.6 is 15.9 Å². The molecule has 0 radical (unpaired) electrons. The van der Waals surface area contributed by atoms with Gasteiger partial charge in [-0.1, -0.05) is 21.5 Å². The van der Waals surface area contributed by atoms with Crippen LogP contribution in [0.2, 0.25) is 0 Å². The van der Waals surface area contributed by atoms with Crippen molar-refractivity contribution < 1.29 is 0 Å². The maximum Gasteiger partial charge on any atom is 0.0174 e. The van der Waals surface area contributed by atoms with Gasteiger partial charge in [0.05, 0.1) is 0 Å². The van der Waals surface area contributed by atoms with Crippen molar-refractivity contribution in [3.05, 3.63) is 12.2 Å². The molecule has 1 aliphatic rings. The van der Waals surface area contributed by atoms with E-state index in [9.17, 15) is 0 Å². The van der Waals surface area contributed by atoms with Crippen LogP contribution in [0.15, 0.2) is 12.2 Å². The monoisotopic (exact) mass is 216 g/mol. The van der Waals surface area contributed by atoms with Crippen molar-refractivity contribution >= 4 is 15.9 Å². The zero-order valence-corrected chi connectivity index (χ0v) is 8.86. The van der Waals surface area contributed by atoms with Gasteiger partial charge in [0.2, 0.25) is 0 Å². The minimum atomic E-state index is 0.793. The maximum absolute atomic E-state index is 3.90. The summed E-state index contributed by atoms with van der Waals surface area (Å²) in [6.45, 7) is 6.01. The van der Waals surface area contributed by atoms with E-state index in [0.29, 0.717) is 0 Å². The number of allylic oxidation sites excluding steroid dienone is 1. The highest BCUT2D eigenvalue weighted by Crippen LogP contribution is 2.38. The summed E-state index contributed by atoms with van der Waals surface area (Å²) in [5.41, 5.74) is 1.32. The number of hydrogen-bond acceptors (Lipinski definition) is 0. The summed E-state index contributed by atoms with van der Waals surface area (Å²) in [7, 11) is 0. The van der Waals surface area contributed by atoms with Gasteiger partial charge in [0, 0.05) is 4.83 Å². The zero-order chi connectivity index (χ0) is 8.27. The van der Waals surface area contributed by atoms with E-state index in [2.05, 4.69) is 29.4 Å². The van der Waals surface area contributed by atoms with Crippen molar-refractivity contribution in [2.45, 2.75) is 43.9 Å². The van der Waals surface area contributed by atoms with Gasteiger partial charge in [0.15, 0.2) is 0 Å². The van der Waals surface area contributed by atoms with Gasteiger partial charge >= 0.3 is 0 Å². The predicted molar refractivity (Wildman–Crippen MR) is 54.1 cm³/mol. The molecule has 0 spiro atoms. The van der Waals surface area contributed by atoms with E-state index in [0.717, 1.165) is 10.7 Å². The van der Waals surface area contributed by atoms with Crippen LogP contribution in [0.5, 0.6) is 0 Å². The molecule has 1 rings (SSSR count). The van der Waals surface area contributed by atoms with Gasteiger partial charge in [0.1, 0.15) is 0 Å². The van der Waals surface area contributed by atoms with Crippen molar-refractivity contribution in [2.75, 3.05) is 0 Å². The van der Waals surface area contributed by atoms with Crippen LogP contribution in [0, 0.1) is 5.92 Å². The second-order valence-corrected chi connectivity index (χ2v) is 4.88. The highest BCUT2D eigenvalue weighted by atomic mass is 79.9. The molecule has 0 aromatic rings. The molecule has 1 heteroatoms. The second kappa shape index (κ2) is 4.30. The molecule has 0 aromatic carbocycles. The summed E-state index contributed by atoms with van der Waals surface area (Å²) in [6.07, 6.45) is 6.74. The molecule has 64 valence electrons. The van der Waals surface area contributed by atoms with Crippen molar-refractivity contribution in [1.82, 2.24) is 0 Å². The molecular formula is C10H17Br. The Morgan fingerprint density at radius 2 is 2.27 bits per heavy atom. The third-order valence-corrected chi connectivity index (χ3v) is 3.42. The molecule has 1 aliphatic carbocycles.